The predicted molar refractivity (Wildman–Crippen MR) is 127 cm³/mol. The molecule has 0 saturated carbocycles. The number of benzene rings is 2. The lowest BCUT2D eigenvalue weighted by Crippen LogP contribution is -2.32. The number of pyridine rings is 2. The zero-order valence-electron chi connectivity index (χ0n) is 18.7. The molecule has 2 aromatic carbocycles. The molecule has 3 heterocycles. The highest BCUT2D eigenvalue weighted by atomic mass is 16.6. The Morgan fingerprint density at radius 1 is 0.970 bits per heavy atom. The van der Waals surface area contributed by atoms with E-state index in [0.29, 0.717) is 23.9 Å². The summed E-state index contributed by atoms with van der Waals surface area (Å²) in [7, 11) is 0. The molecule has 4 aromatic rings. The summed E-state index contributed by atoms with van der Waals surface area (Å²) < 4.78 is 20.3. The third-order valence-electron chi connectivity index (χ3n) is 5.93. The Balaban J connectivity index is 1.39. The summed E-state index contributed by atoms with van der Waals surface area (Å²) in [6.07, 6.45) is 2.90. The molecule has 0 N–H and O–H groups in total. The van der Waals surface area contributed by atoms with Crippen LogP contribution in [0.25, 0.3) is 10.9 Å². The smallest absolute Gasteiger partial charge is 0.262 e. The number of hydrogen-bond acceptors (Lipinski definition) is 5. The predicted octanol–water partition coefficient (Wildman–Crippen LogP) is 4.83. The van der Waals surface area contributed by atoms with Crippen molar-refractivity contribution < 1.29 is 14.2 Å². The summed E-state index contributed by atoms with van der Waals surface area (Å²) in [6, 6.07) is 21.2. The Morgan fingerprint density at radius 3 is 2.39 bits per heavy atom. The van der Waals surface area contributed by atoms with E-state index in [2.05, 4.69) is 4.98 Å². The van der Waals surface area contributed by atoms with E-state index in [1.54, 1.807) is 29.1 Å². The molecule has 1 fully saturated rings. The van der Waals surface area contributed by atoms with E-state index in [9.17, 15) is 4.79 Å². The summed E-state index contributed by atoms with van der Waals surface area (Å²) in [5.74, 6) is 1.54. The van der Waals surface area contributed by atoms with Gasteiger partial charge in [0, 0.05) is 18.8 Å². The van der Waals surface area contributed by atoms with Gasteiger partial charge in [0.25, 0.3) is 5.56 Å². The first-order valence-corrected chi connectivity index (χ1v) is 11.1. The van der Waals surface area contributed by atoms with Gasteiger partial charge < -0.3 is 14.2 Å². The van der Waals surface area contributed by atoms with Crippen molar-refractivity contribution >= 4 is 10.9 Å². The van der Waals surface area contributed by atoms with Crippen LogP contribution < -0.4 is 15.0 Å². The molecule has 0 spiro atoms. The molecule has 168 valence electrons. The molecule has 2 aromatic heterocycles. The molecule has 1 saturated heterocycles. The lowest BCUT2D eigenvalue weighted by Gasteiger charge is -2.20. The number of nitrogens with zero attached hydrogens (tertiary/aromatic N) is 2. The molecule has 33 heavy (non-hydrogen) atoms. The minimum atomic E-state index is -0.454. The van der Waals surface area contributed by atoms with Crippen LogP contribution in [0.3, 0.4) is 0 Å². The van der Waals surface area contributed by atoms with Gasteiger partial charge in [0.15, 0.2) is 0 Å². The largest absolute Gasteiger partial charge is 0.491 e. The van der Waals surface area contributed by atoms with Gasteiger partial charge >= 0.3 is 0 Å². The summed E-state index contributed by atoms with van der Waals surface area (Å²) in [6.45, 7) is 4.40. The van der Waals surface area contributed by atoms with Gasteiger partial charge in [0.1, 0.15) is 36.5 Å². The van der Waals surface area contributed by atoms with E-state index in [1.165, 1.54) is 11.1 Å². The Bertz CT molecular complexity index is 1300. The SMILES string of the molecule is Cc1ccc(OC[C@H]2O[C@@H](n3ccc4ncccc4c3=O)C[C@@H]2Oc2ccc(C)cc2)cc1. The molecular weight excluding hydrogens is 416 g/mol. The van der Waals surface area contributed by atoms with Crippen LogP contribution in [0.5, 0.6) is 11.5 Å². The number of aryl methyl sites for hydroxylation is 2. The third-order valence-corrected chi connectivity index (χ3v) is 5.93. The first-order chi connectivity index (χ1) is 16.1. The first kappa shape index (κ1) is 21.2. The highest BCUT2D eigenvalue weighted by molar-refractivity contribution is 5.76. The van der Waals surface area contributed by atoms with Crippen molar-refractivity contribution in [3.63, 3.8) is 0 Å². The Morgan fingerprint density at radius 2 is 1.67 bits per heavy atom. The molecular formula is C27H26N2O4. The van der Waals surface area contributed by atoms with Crippen LogP contribution in [0.1, 0.15) is 23.8 Å². The van der Waals surface area contributed by atoms with E-state index in [4.69, 9.17) is 14.2 Å². The van der Waals surface area contributed by atoms with Gasteiger partial charge in [-0.15, -0.1) is 0 Å². The van der Waals surface area contributed by atoms with Gasteiger partial charge in [0.2, 0.25) is 0 Å². The van der Waals surface area contributed by atoms with Gasteiger partial charge in [-0.3, -0.25) is 14.3 Å². The van der Waals surface area contributed by atoms with Crippen LogP contribution in [0.15, 0.2) is 83.9 Å². The van der Waals surface area contributed by atoms with Crippen LogP contribution in [0.4, 0.5) is 0 Å². The Labute approximate surface area is 192 Å². The summed E-state index contributed by atoms with van der Waals surface area (Å²) >= 11 is 0. The topological polar surface area (TPSA) is 62.6 Å². The number of fused-ring (bicyclic) bond motifs is 1. The molecule has 0 unspecified atom stereocenters. The van der Waals surface area contributed by atoms with Gasteiger partial charge in [-0.05, 0) is 56.3 Å². The molecule has 0 radical (unpaired) electrons. The molecule has 0 amide bonds. The number of hydrogen-bond donors (Lipinski definition) is 0. The van der Waals surface area contributed by atoms with Gasteiger partial charge in [-0.1, -0.05) is 35.4 Å². The molecule has 6 heteroatoms. The van der Waals surface area contributed by atoms with Crippen molar-refractivity contribution in [3.05, 3.63) is 101 Å². The molecule has 5 rings (SSSR count). The van der Waals surface area contributed by atoms with Crippen LogP contribution in [-0.2, 0) is 4.74 Å². The summed E-state index contributed by atoms with van der Waals surface area (Å²) in [4.78, 5) is 17.4. The molecule has 0 aliphatic carbocycles. The fourth-order valence-corrected chi connectivity index (χ4v) is 4.07. The first-order valence-electron chi connectivity index (χ1n) is 11.1. The van der Waals surface area contributed by atoms with Gasteiger partial charge in [-0.2, -0.15) is 0 Å². The fourth-order valence-electron chi connectivity index (χ4n) is 4.07. The van der Waals surface area contributed by atoms with Crippen molar-refractivity contribution in [2.24, 2.45) is 0 Å². The quantitative estimate of drug-likeness (QED) is 0.428. The average molecular weight is 443 g/mol. The molecule has 1 aliphatic rings. The molecule has 1 aliphatic heterocycles. The maximum absolute atomic E-state index is 13.1. The molecule has 3 atom stereocenters. The van der Waals surface area contributed by atoms with Crippen molar-refractivity contribution in [3.8, 4) is 11.5 Å². The summed E-state index contributed by atoms with van der Waals surface area (Å²) in [5, 5.41) is 0.568. The Kier molecular flexibility index (Phi) is 5.84. The minimum Gasteiger partial charge on any atom is -0.491 e. The van der Waals surface area contributed by atoms with Gasteiger partial charge in [0.05, 0.1) is 10.9 Å². The number of rotatable bonds is 6. The highest BCUT2D eigenvalue weighted by Crippen LogP contribution is 2.32. The van der Waals surface area contributed by atoms with Crippen molar-refractivity contribution in [2.75, 3.05) is 6.61 Å². The number of ether oxygens (including phenoxy) is 3. The van der Waals surface area contributed by atoms with Crippen LogP contribution in [-0.4, -0.2) is 28.4 Å². The van der Waals surface area contributed by atoms with Crippen molar-refractivity contribution in [1.29, 1.82) is 0 Å². The highest BCUT2D eigenvalue weighted by Gasteiger charge is 2.39. The zero-order chi connectivity index (χ0) is 22.8. The lowest BCUT2D eigenvalue weighted by molar-refractivity contribution is -0.0365. The van der Waals surface area contributed by atoms with Crippen molar-refractivity contribution in [2.45, 2.75) is 38.7 Å². The van der Waals surface area contributed by atoms with E-state index >= 15 is 0 Å². The maximum Gasteiger partial charge on any atom is 0.262 e. The lowest BCUT2D eigenvalue weighted by atomic mass is 10.1. The van der Waals surface area contributed by atoms with Crippen LogP contribution in [0, 0.1) is 13.8 Å². The van der Waals surface area contributed by atoms with Crippen LogP contribution >= 0.6 is 0 Å². The van der Waals surface area contributed by atoms with Crippen LogP contribution in [0.2, 0.25) is 0 Å². The molecule has 0 bridgehead atoms. The average Bonchev–Trinajstić information content (AvgIpc) is 3.23. The fraction of sp³-hybridized carbons (Fsp3) is 0.259. The zero-order valence-corrected chi connectivity index (χ0v) is 18.7. The second-order valence-electron chi connectivity index (χ2n) is 8.42. The van der Waals surface area contributed by atoms with E-state index in [0.717, 1.165) is 11.5 Å². The van der Waals surface area contributed by atoms with E-state index < -0.39 is 6.23 Å². The van der Waals surface area contributed by atoms with E-state index in [1.807, 2.05) is 68.4 Å². The van der Waals surface area contributed by atoms with Crippen molar-refractivity contribution in [1.82, 2.24) is 9.55 Å². The Hall–Kier alpha value is -3.64. The van der Waals surface area contributed by atoms with Gasteiger partial charge in [-0.25, -0.2) is 0 Å². The number of aromatic nitrogens is 2. The third kappa shape index (κ3) is 4.61. The van der Waals surface area contributed by atoms with E-state index in [-0.39, 0.29) is 17.8 Å². The second kappa shape index (κ2) is 9.08. The minimum absolute atomic E-state index is 0.125. The summed E-state index contributed by atoms with van der Waals surface area (Å²) in [5.41, 5.74) is 2.88. The monoisotopic (exact) mass is 442 g/mol. The standard InChI is InChI=1S/C27H26N2O4/c1-18-5-9-20(10-6-18)31-17-25-24(32-21-11-7-19(2)8-12-21)16-26(33-25)29-15-13-23-22(27(29)30)4-3-14-28-23/h3-15,24-26H,16-17H2,1-2H3/t24-,25+,26+/m0/s1. The normalized spacial score (nSPS) is 20.1. The second-order valence-corrected chi connectivity index (χ2v) is 8.42. The molecule has 6 nitrogen and oxygen atoms in total. The maximum atomic E-state index is 13.1.